The van der Waals surface area contributed by atoms with Gasteiger partial charge in [-0.05, 0) is 28.8 Å². The van der Waals surface area contributed by atoms with E-state index in [1.54, 1.807) is 0 Å². The molecule has 1 fully saturated rings. The topological polar surface area (TPSA) is 39.7 Å². The maximum absolute atomic E-state index is 13.2. The van der Waals surface area contributed by atoms with E-state index in [1.807, 2.05) is 60.7 Å². The summed E-state index contributed by atoms with van der Waals surface area (Å²) in [4.78, 5) is 23.9. The van der Waals surface area contributed by atoms with E-state index in [-0.39, 0.29) is 11.9 Å². The normalized spacial score (nSPS) is 15.2. The lowest BCUT2D eigenvalue weighted by molar-refractivity contribution is -0.133. The van der Waals surface area contributed by atoms with Crippen LogP contribution in [-0.4, -0.2) is 65.4 Å². The van der Waals surface area contributed by atoms with Crippen molar-refractivity contribution >= 4 is 5.91 Å². The molecule has 31 heavy (non-hydrogen) atoms. The molecule has 4 rings (SSSR count). The van der Waals surface area contributed by atoms with Crippen LogP contribution in [0.2, 0.25) is 0 Å². The van der Waals surface area contributed by atoms with Crippen LogP contribution in [0.1, 0.15) is 22.7 Å². The second kappa shape index (κ2) is 10.3. The van der Waals surface area contributed by atoms with E-state index in [0.717, 1.165) is 43.9 Å². The standard InChI is InChI=1S/C26H30N4O/c1-28(26(23-8-4-2-5-9-23)24-10-6-3-7-11-24)25(31)21-30-18-16-29(17-19-30)20-22-12-14-27-15-13-22/h2-15,26H,16-21H2,1H3. The lowest BCUT2D eigenvalue weighted by atomic mass is 9.97. The largest absolute Gasteiger partial charge is 0.334 e. The third-order valence-corrected chi connectivity index (χ3v) is 5.99. The maximum atomic E-state index is 13.2. The molecule has 160 valence electrons. The second-order valence-electron chi connectivity index (χ2n) is 8.14. The molecule has 0 radical (unpaired) electrons. The summed E-state index contributed by atoms with van der Waals surface area (Å²) in [5.74, 6) is 0.153. The lowest BCUT2D eigenvalue weighted by Crippen LogP contribution is -2.49. The number of pyridine rings is 1. The number of piperazine rings is 1. The Balaban J connectivity index is 1.37. The highest BCUT2D eigenvalue weighted by Crippen LogP contribution is 2.27. The molecule has 5 heteroatoms. The zero-order chi connectivity index (χ0) is 21.5. The predicted octanol–water partition coefficient (Wildman–Crippen LogP) is 3.45. The van der Waals surface area contributed by atoms with E-state index in [2.05, 4.69) is 51.2 Å². The van der Waals surface area contributed by atoms with E-state index in [4.69, 9.17) is 0 Å². The van der Waals surface area contributed by atoms with Gasteiger partial charge in [0.15, 0.2) is 0 Å². The Labute approximate surface area is 184 Å². The SMILES string of the molecule is CN(C(=O)CN1CCN(Cc2ccncc2)CC1)C(c1ccccc1)c1ccccc1. The fraction of sp³-hybridized carbons (Fsp3) is 0.308. The van der Waals surface area contributed by atoms with Crippen molar-refractivity contribution in [1.29, 1.82) is 0 Å². The predicted molar refractivity (Wildman–Crippen MR) is 123 cm³/mol. The average molecular weight is 415 g/mol. The van der Waals surface area contributed by atoms with Gasteiger partial charge in [0, 0.05) is 52.2 Å². The van der Waals surface area contributed by atoms with Crippen molar-refractivity contribution in [2.24, 2.45) is 0 Å². The molecule has 0 unspecified atom stereocenters. The number of aromatic nitrogens is 1. The molecule has 1 aromatic heterocycles. The lowest BCUT2D eigenvalue weighted by Gasteiger charge is -2.36. The minimum atomic E-state index is -0.0807. The highest BCUT2D eigenvalue weighted by atomic mass is 16.2. The van der Waals surface area contributed by atoms with Gasteiger partial charge in [0.25, 0.3) is 0 Å². The summed E-state index contributed by atoms with van der Waals surface area (Å²) in [6.45, 7) is 5.16. The summed E-state index contributed by atoms with van der Waals surface area (Å²) in [6.07, 6.45) is 3.69. The van der Waals surface area contributed by atoms with Crippen LogP contribution in [0.3, 0.4) is 0 Å². The van der Waals surface area contributed by atoms with Crippen LogP contribution in [0.5, 0.6) is 0 Å². The molecule has 1 saturated heterocycles. The molecule has 0 N–H and O–H groups in total. The Bertz CT molecular complexity index is 901. The second-order valence-corrected chi connectivity index (χ2v) is 8.14. The minimum absolute atomic E-state index is 0.0807. The van der Waals surface area contributed by atoms with E-state index >= 15 is 0 Å². The number of carbonyl (C=O) groups excluding carboxylic acids is 1. The summed E-state index contributed by atoms with van der Waals surface area (Å²) in [5, 5.41) is 0. The summed E-state index contributed by atoms with van der Waals surface area (Å²) < 4.78 is 0. The van der Waals surface area contributed by atoms with E-state index in [9.17, 15) is 4.79 Å². The number of hydrogen-bond donors (Lipinski definition) is 0. The van der Waals surface area contributed by atoms with Gasteiger partial charge in [-0.25, -0.2) is 0 Å². The Kier molecular flexibility index (Phi) is 7.07. The first kappa shape index (κ1) is 21.2. The first-order valence-electron chi connectivity index (χ1n) is 10.9. The van der Waals surface area contributed by atoms with E-state index in [1.165, 1.54) is 5.56 Å². The Morgan fingerprint density at radius 2 is 1.35 bits per heavy atom. The van der Waals surface area contributed by atoms with Crippen molar-refractivity contribution < 1.29 is 4.79 Å². The number of benzene rings is 2. The van der Waals surface area contributed by atoms with Gasteiger partial charge in [-0.3, -0.25) is 19.6 Å². The molecule has 1 aliphatic rings. The zero-order valence-electron chi connectivity index (χ0n) is 18.1. The van der Waals surface area contributed by atoms with Crippen molar-refractivity contribution in [2.75, 3.05) is 39.8 Å². The van der Waals surface area contributed by atoms with Crippen LogP contribution < -0.4 is 0 Å². The van der Waals surface area contributed by atoms with Crippen LogP contribution in [0.25, 0.3) is 0 Å². The van der Waals surface area contributed by atoms with Crippen LogP contribution in [-0.2, 0) is 11.3 Å². The zero-order valence-corrected chi connectivity index (χ0v) is 18.1. The van der Waals surface area contributed by atoms with Crippen LogP contribution >= 0.6 is 0 Å². The number of rotatable bonds is 7. The fourth-order valence-electron chi connectivity index (χ4n) is 4.21. The van der Waals surface area contributed by atoms with Gasteiger partial charge in [0.1, 0.15) is 0 Å². The van der Waals surface area contributed by atoms with Gasteiger partial charge in [-0.1, -0.05) is 60.7 Å². The van der Waals surface area contributed by atoms with Gasteiger partial charge in [-0.2, -0.15) is 0 Å². The highest BCUT2D eigenvalue weighted by molar-refractivity contribution is 5.79. The summed E-state index contributed by atoms with van der Waals surface area (Å²) >= 11 is 0. The van der Waals surface area contributed by atoms with Gasteiger partial charge < -0.3 is 4.90 Å². The fourth-order valence-corrected chi connectivity index (χ4v) is 4.21. The third kappa shape index (κ3) is 5.57. The molecule has 0 bridgehead atoms. The van der Waals surface area contributed by atoms with Crippen LogP contribution in [0, 0.1) is 0 Å². The van der Waals surface area contributed by atoms with Gasteiger partial charge in [0.05, 0.1) is 12.6 Å². The molecule has 0 saturated carbocycles. The summed E-state index contributed by atoms with van der Waals surface area (Å²) in [6, 6.07) is 24.6. The minimum Gasteiger partial charge on any atom is -0.334 e. The molecule has 0 atom stereocenters. The number of carbonyl (C=O) groups is 1. The monoisotopic (exact) mass is 414 g/mol. The first-order valence-corrected chi connectivity index (χ1v) is 10.9. The van der Waals surface area contributed by atoms with E-state index < -0.39 is 0 Å². The van der Waals surface area contributed by atoms with E-state index in [0.29, 0.717) is 6.54 Å². The molecule has 1 aliphatic heterocycles. The molecule has 0 spiro atoms. The van der Waals surface area contributed by atoms with Crippen molar-refractivity contribution in [1.82, 2.24) is 19.7 Å². The molecule has 2 aromatic carbocycles. The van der Waals surface area contributed by atoms with Crippen molar-refractivity contribution in [3.63, 3.8) is 0 Å². The van der Waals surface area contributed by atoms with Crippen LogP contribution in [0.15, 0.2) is 85.2 Å². The Morgan fingerprint density at radius 3 is 1.90 bits per heavy atom. The summed E-state index contributed by atoms with van der Waals surface area (Å²) in [7, 11) is 1.92. The number of amides is 1. The van der Waals surface area contributed by atoms with Crippen LogP contribution in [0.4, 0.5) is 0 Å². The third-order valence-electron chi connectivity index (χ3n) is 5.99. The maximum Gasteiger partial charge on any atom is 0.237 e. The molecule has 2 heterocycles. The average Bonchev–Trinajstić information content (AvgIpc) is 2.82. The molecule has 1 amide bonds. The Morgan fingerprint density at radius 1 is 0.839 bits per heavy atom. The van der Waals surface area contributed by atoms with Gasteiger partial charge in [0.2, 0.25) is 5.91 Å². The number of likely N-dealkylation sites (N-methyl/N-ethyl adjacent to an activating group) is 1. The molecule has 3 aromatic rings. The molecule has 0 aliphatic carbocycles. The van der Waals surface area contributed by atoms with Gasteiger partial charge >= 0.3 is 0 Å². The number of nitrogens with zero attached hydrogens (tertiary/aromatic N) is 4. The highest BCUT2D eigenvalue weighted by Gasteiger charge is 2.26. The van der Waals surface area contributed by atoms with Crippen molar-refractivity contribution in [3.8, 4) is 0 Å². The molecular formula is C26H30N4O. The smallest absolute Gasteiger partial charge is 0.237 e. The first-order chi connectivity index (χ1) is 15.2. The molecule has 5 nitrogen and oxygen atoms in total. The number of hydrogen-bond acceptors (Lipinski definition) is 4. The Hall–Kier alpha value is -3.02. The quantitative estimate of drug-likeness (QED) is 0.594. The summed E-state index contributed by atoms with van der Waals surface area (Å²) in [5.41, 5.74) is 3.55. The van der Waals surface area contributed by atoms with Gasteiger partial charge in [-0.15, -0.1) is 0 Å². The van der Waals surface area contributed by atoms with Crippen molar-refractivity contribution in [3.05, 3.63) is 102 Å². The molecular weight excluding hydrogens is 384 g/mol. The van der Waals surface area contributed by atoms with Crippen molar-refractivity contribution in [2.45, 2.75) is 12.6 Å².